The van der Waals surface area contributed by atoms with E-state index in [1.807, 2.05) is 25.1 Å². The van der Waals surface area contributed by atoms with E-state index in [0.717, 1.165) is 23.1 Å². The number of nitrogens with one attached hydrogen (secondary N) is 2. The van der Waals surface area contributed by atoms with E-state index in [4.69, 9.17) is 4.74 Å². The first-order valence-corrected chi connectivity index (χ1v) is 6.69. The van der Waals surface area contributed by atoms with Crippen molar-refractivity contribution in [1.29, 1.82) is 0 Å². The highest BCUT2D eigenvalue weighted by atomic mass is 79.9. The van der Waals surface area contributed by atoms with Gasteiger partial charge in [0.25, 0.3) is 5.91 Å². The highest BCUT2D eigenvalue weighted by molar-refractivity contribution is 9.10. The molecule has 0 unspecified atom stereocenters. The second-order valence-corrected chi connectivity index (χ2v) is 4.77. The van der Waals surface area contributed by atoms with Crippen LogP contribution in [0, 0.1) is 6.92 Å². The molecule has 0 saturated heterocycles. The minimum absolute atomic E-state index is 0. The normalized spacial score (nSPS) is 9.84. The van der Waals surface area contributed by atoms with Crippen molar-refractivity contribution < 1.29 is 9.53 Å². The standard InChI is InChI=1S/C13H19BrN2O2.ClH/c1-10-11(4-3-5-12(10)14)13(17)16-7-6-15-8-9-18-2;/h3-5,15H,6-9H2,1-2H3,(H,16,17);1H. The molecule has 0 heterocycles. The average molecular weight is 352 g/mol. The molecule has 0 fully saturated rings. The van der Waals surface area contributed by atoms with E-state index in [1.165, 1.54) is 0 Å². The Morgan fingerprint density at radius 1 is 1.32 bits per heavy atom. The van der Waals surface area contributed by atoms with Gasteiger partial charge in [0.1, 0.15) is 0 Å². The van der Waals surface area contributed by atoms with Gasteiger partial charge in [-0.25, -0.2) is 0 Å². The van der Waals surface area contributed by atoms with Gasteiger partial charge in [0.2, 0.25) is 0 Å². The summed E-state index contributed by atoms with van der Waals surface area (Å²) in [5, 5.41) is 6.05. The maximum absolute atomic E-state index is 11.9. The number of rotatable bonds is 7. The molecule has 0 aromatic heterocycles. The van der Waals surface area contributed by atoms with Crippen molar-refractivity contribution in [3.63, 3.8) is 0 Å². The molecule has 0 atom stereocenters. The monoisotopic (exact) mass is 350 g/mol. The molecular formula is C13H20BrClN2O2. The van der Waals surface area contributed by atoms with Crippen LogP contribution in [-0.2, 0) is 4.74 Å². The minimum atomic E-state index is -0.0395. The number of ether oxygens (including phenoxy) is 1. The molecule has 4 nitrogen and oxygen atoms in total. The van der Waals surface area contributed by atoms with Crippen molar-refractivity contribution in [2.75, 3.05) is 33.4 Å². The predicted molar refractivity (Wildman–Crippen MR) is 83.2 cm³/mol. The lowest BCUT2D eigenvalue weighted by Gasteiger charge is -2.09. The number of hydrogen-bond acceptors (Lipinski definition) is 3. The minimum Gasteiger partial charge on any atom is -0.383 e. The zero-order valence-electron chi connectivity index (χ0n) is 11.2. The fraction of sp³-hybridized carbons (Fsp3) is 0.462. The van der Waals surface area contributed by atoms with E-state index in [9.17, 15) is 4.79 Å². The Kier molecular flexibility index (Phi) is 9.87. The van der Waals surface area contributed by atoms with Gasteiger partial charge in [-0.05, 0) is 24.6 Å². The van der Waals surface area contributed by atoms with Crippen LogP contribution in [0.4, 0.5) is 0 Å². The SMILES string of the molecule is COCCNCCNC(=O)c1cccc(Br)c1C.Cl. The van der Waals surface area contributed by atoms with Gasteiger partial charge in [-0.3, -0.25) is 4.79 Å². The highest BCUT2D eigenvalue weighted by Crippen LogP contribution is 2.19. The summed E-state index contributed by atoms with van der Waals surface area (Å²) < 4.78 is 5.86. The number of carbonyl (C=O) groups excluding carboxylic acids is 1. The fourth-order valence-corrected chi connectivity index (χ4v) is 1.88. The molecule has 2 N–H and O–H groups in total. The van der Waals surface area contributed by atoms with E-state index in [2.05, 4.69) is 26.6 Å². The molecular weight excluding hydrogens is 332 g/mol. The summed E-state index contributed by atoms with van der Waals surface area (Å²) in [6, 6.07) is 5.62. The van der Waals surface area contributed by atoms with E-state index in [0.29, 0.717) is 18.7 Å². The third-order valence-electron chi connectivity index (χ3n) is 2.58. The van der Waals surface area contributed by atoms with Crippen LogP contribution in [-0.4, -0.2) is 39.3 Å². The molecule has 19 heavy (non-hydrogen) atoms. The van der Waals surface area contributed by atoms with Crippen molar-refractivity contribution >= 4 is 34.2 Å². The first-order valence-electron chi connectivity index (χ1n) is 5.89. The number of carbonyl (C=O) groups is 1. The molecule has 0 aliphatic rings. The Balaban J connectivity index is 0.00000324. The number of benzene rings is 1. The molecule has 108 valence electrons. The van der Waals surface area contributed by atoms with E-state index in [1.54, 1.807) is 7.11 Å². The first-order chi connectivity index (χ1) is 8.66. The lowest BCUT2D eigenvalue weighted by atomic mass is 10.1. The first kappa shape index (κ1) is 18.4. The molecule has 0 aliphatic carbocycles. The summed E-state index contributed by atoms with van der Waals surface area (Å²) in [4.78, 5) is 11.9. The summed E-state index contributed by atoms with van der Waals surface area (Å²) in [7, 11) is 1.67. The number of halogens is 2. The predicted octanol–water partition coefficient (Wildman–Crippen LogP) is 2.15. The van der Waals surface area contributed by atoms with Gasteiger partial charge >= 0.3 is 0 Å². The van der Waals surface area contributed by atoms with Gasteiger partial charge in [-0.1, -0.05) is 22.0 Å². The van der Waals surface area contributed by atoms with E-state index < -0.39 is 0 Å². The van der Waals surface area contributed by atoms with E-state index >= 15 is 0 Å². The van der Waals surface area contributed by atoms with Crippen LogP contribution in [0.3, 0.4) is 0 Å². The Hall–Kier alpha value is -0.620. The van der Waals surface area contributed by atoms with Gasteiger partial charge in [-0.15, -0.1) is 12.4 Å². The van der Waals surface area contributed by atoms with Gasteiger partial charge in [-0.2, -0.15) is 0 Å². The summed E-state index contributed by atoms with van der Waals surface area (Å²) in [6.07, 6.45) is 0. The summed E-state index contributed by atoms with van der Waals surface area (Å²) in [5.74, 6) is -0.0395. The summed E-state index contributed by atoms with van der Waals surface area (Å²) >= 11 is 3.42. The quantitative estimate of drug-likeness (QED) is 0.740. The van der Waals surface area contributed by atoms with Crippen LogP contribution in [0.2, 0.25) is 0 Å². The van der Waals surface area contributed by atoms with E-state index in [-0.39, 0.29) is 18.3 Å². The number of methoxy groups -OCH3 is 1. The van der Waals surface area contributed by atoms with Gasteiger partial charge < -0.3 is 15.4 Å². The molecule has 1 amide bonds. The van der Waals surface area contributed by atoms with Crippen molar-refractivity contribution in [2.45, 2.75) is 6.92 Å². The van der Waals surface area contributed by atoms with Crippen molar-refractivity contribution in [3.05, 3.63) is 33.8 Å². The van der Waals surface area contributed by atoms with Gasteiger partial charge in [0.05, 0.1) is 6.61 Å². The van der Waals surface area contributed by atoms with Crippen LogP contribution >= 0.6 is 28.3 Å². The number of amides is 1. The topological polar surface area (TPSA) is 50.4 Å². The van der Waals surface area contributed by atoms with Crippen LogP contribution in [0.25, 0.3) is 0 Å². The van der Waals surface area contributed by atoms with Gasteiger partial charge in [0.15, 0.2) is 0 Å². The molecule has 1 rings (SSSR count). The van der Waals surface area contributed by atoms with Crippen LogP contribution in [0.1, 0.15) is 15.9 Å². The van der Waals surface area contributed by atoms with Crippen molar-refractivity contribution in [1.82, 2.24) is 10.6 Å². The molecule has 6 heteroatoms. The summed E-state index contributed by atoms with van der Waals surface area (Å²) in [5.41, 5.74) is 1.67. The molecule has 0 saturated carbocycles. The Bertz CT molecular complexity index is 402. The molecule has 0 aliphatic heterocycles. The van der Waals surface area contributed by atoms with Crippen LogP contribution in [0.5, 0.6) is 0 Å². The molecule has 1 aromatic carbocycles. The largest absolute Gasteiger partial charge is 0.383 e. The van der Waals surface area contributed by atoms with Crippen LogP contribution < -0.4 is 10.6 Å². The Morgan fingerprint density at radius 3 is 2.74 bits per heavy atom. The summed E-state index contributed by atoms with van der Waals surface area (Å²) in [6.45, 7) is 4.74. The second kappa shape index (κ2) is 10.2. The van der Waals surface area contributed by atoms with Crippen LogP contribution in [0.15, 0.2) is 22.7 Å². The average Bonchev–Trinajstić information content (AvgIpc) is 2.36. The Morgan fingerprint density at radius 2 is 2.05 bits per heavy atom. The van der Waals surface area contributed by atoms with Crippen molar-refractivity contribution in [2.24, 2.45) is 0 Å². The maximum atomic E-state index is 11.9. The van der Waals surface area contributed by atoms with Gasteiger partial charge in [0, 0.05) is 36.8 Å². The lowest BCUT2D eigenvalue weighted by molar-refractivity contribution is 0.0953. The molecule has 0 spiro atoms. The van der Waals surface area contributed by atoms with Crippen molar-refractivity contribution in [3.8, 4) is 0 Å². The molecule has 0 bridgehead atoms. The fourth-order valence-electron chi connectivity index (χ4n) is 1.51. The zero-order chi connectivity index (χ0) is 13.4. The third-order valence-corrected chi connectivity index (χ3v) is 3.44. The Labute approximate surface area is 128 Å². The zero-order valence-corrected chi connectivity index (χ0v) is 13.6. The molecule has 0 radical (unpaired) electrons. The number of hydrogen-bond donors (Lipinski definition) is 2. The smallest absolute Gasteiger partial charge is 0.251 e. The maximum Gasteiger partial charge on any atom is 0.251 e. The molecule has 1 aromatic rings. The second-order valence-electron chi connectivity index (χ2n) is 3.91. The third kappa shape index (κ3) is 6.38. The highest BCUT2D eigenvalue weighted by Gasteiger charge is 2.09. The lowest BCUT2D eigenvalue weighted by Crippen LogP contribution is -2.33.